The lowest BCUT2D eigenvalue weighted by Gasteiger charge is -2.35. The third-order valence-corrected chi connectivity index (χ3v) is 5.23. The van der Waals surface area contributed by atoms with Crippen LogP contribution in [-0.2, 0) is 9.59 Å². The molecule has 1 heterocycles. The van der Waals surface area contributed by atoms with Crippen LogP contribution in [0.15, 0.2) is 0 Å². The van der Waals surface area contributed by atoms with E-state index in [1.807, 2.05) is 0 Å². The SMILES string of the molecule is CCCCN1C(=O)CC2(CC3CCC(C3)C2)C1=O. The number of fused-ring (bicyclic) bond motifs is 2. The van der Waals surface area contributed by atoms with Gasteiger partial charge in [0.05, 0.1) is 5.41 Å². The van der Waals surface area contributed by atoms with Crippen LogP contribution in [0.3, 0.4) is 0 Å². The molecule has 2 bridgehead atoms. The highest BCUT2D eigenvalue weighted by atomic mass is 16.2. The molecule has 2 aliphatic carbocycles. The molecule has 100 valence electrons. The topological polar surface area (TPSA) is 37.4 Å². The van der Waals surface area contributed by atoms with E-state index < -0.39 is 0 Å². The number of carbonyl (C=O) groups excluding carboxylic acids is 2. The summed E-state index contributed by atoms with van der Waals surface area (Å²) in [4.78, 5) is 26.3. The molecule has 18 heavy (non-hydrogen) atoms. The van der Waals surface area contributed by atoms with E-state index in [9.17, 15) is 9.59 Å². The quantitative estimate of drug-likeness (QED) is 0.721. The zero-order valence-corrected chi connectivity index (χ0v) is 11.3. The van der Waals surface area contributed by atoms with Crippen LogP contribution in [-0.4, -0.2) is 23.3 Å². The Morgan fingerprint density at radius 1 is 1.22 bits per heavy atom. The van der Waals surface area contributed by atoms with Gasteiger partial charge in [0.25, 0.3) is 0 Å². The van der Waals surface area contributed by atoms with Gasteiger partial charge in [-0.1, -0.05) is 26.2 Å². The Bertz CT molecular complexity index is 365. The predicted octanol–water partition coefficient (Wildman–Crippen LogP) is 2.74. The second-order valence-electron chi connectivity index (χ2n) is 6.61. The number of nitrogens with zero attached hydrogens (tertiary/aromatic N) is 1. The molecule has 1 spiro atoms. The predicted molar refractivity (Wildman–Crippen MR) is 68.7 cm³/mol. The zero-order valence-electron chi connectivity index (χ0n) is 11.3. The Kier molecular flexibility index (Phi) is 2.95. The molecule has 2 unspecified atom stereocenters. The summed E-state index contributed by atoms with van der Waals surface area (Å²) in [6.45, 7) is 2.74. The Labute approximate surface area is 109 Å². The molecule has 3 rings (SSSR count). The van der Waals surface area contributed by atoms with Gasteiger partial charge in [-0.25, -0.2) is 0 Å². The van der Waals surface area contributed by atoms with Gasteiger partial charge in [0, 0.05) is 13.0 Å². The van der Waals surface area contributed by atoms with E-state index in [1.165, 1.54) is 19.3 Å². The molecule has 0 aromatic rings. The number of carbonyl (C=O) groups is 2. The van der Waals surface area contributed by atoms with Crippen molar-refractivity contribution in [2.45, 2.75) is 58.3 Å². The fourth-order valence-electron chi connectivity index (χ4n) is 4.46. The van der Waals surface area contributed by atoms with E-state index in [4.69, 9.17) is 0 Å². The van der Waals surface area contributed by atoms with Crippen molar-refractivity contribution in [1.29, 1.82) is 0 Å². The van der Waals surface area contributed by atoms with Crippen molar-refractivity contribution in [2.24, 2.45) is 17.3 Å². The summed E-state index contributed by atoms with van der Waals surface area (Å²) < 4.78 is 0. The number of likely N-dealkylation sites (tertiary alicyclic amines) is 1. The Balaban J connectivity index is 1.78. The van der Waals surface area contributed by atoms with Gasteiger partial charge in [0.15, 0.2) is 0 Å². The molecule has 2 amide bonds. The van der Waals surface area contributed by atoms with Crippen molar-refractivity contribution in [2.75, 3.05) is 6.54 Å². The van der Waals surface area contributed by atoms with Crippen LogP contribution in [0.5, 0.6) is 0 Å². The highest BCUT2D eigenvalue weighted by Crippen LogP contribution is 2.55. The molecule has 3 aliphatic rings. The summed E-state index contributed by atoms with van der Waals surface area (Å²) in [5.74, 6) is 1.69. The van der Waals surface area contributed by atoms with Gasteiger partial charge in [0.1, 0.15) is 0 Å². The molecular weight excluding hydrogens is 226 g/mol. The van der Waals surface area contributed by atoms with Crippen LogP contribution in [0.1, 0.15) is 58.3 Å². The molecule has 0 radical (unpaired) electrons. The van der Waals surface area contributed by atoms with Gasteiger partial charge < -0.3 is 0 Å². The summed E-state index contributed by atoms with van der Waals surface area (Å²) in [6.07, 6.45) is 8.32. The van der Waals surface area contributed by atoms with Gasteiger partial charge >= 0.3 is 0 Å². The van der Waals surface area contributed by atoms with Crippen molar-refractivity contribution in [3.05, 3.63) is 0 Å². The van der Waals surface area contributed by atoms with Crippen LogP contribution < -0.4 is 0 Å². The van der Waals surface area contributed by atoms with Crippen LogP contribution in [0.2, 0.25) is 0 Å². The largest absolute Gasteiger partial charge is 0.282 e. The summed E-state index contributed by atoms with van der Waals surface area (Å²) in [6, 6.07) is 0. The van der Waals surface area contributed by atoms with Crippen LogP contribution in [0, 0.1) is 17.3 Å². The van der Waals surface area contributed by atoms with Crippen molar-refractivity contribution in [3.8, 4) is 0 Å². The molecule has 3 nitrogen and oxygen atoms in total. The maximum absolute atomic E-state index is 12.6. The first-order chi connectivity index (χ1) is 8.64. The lowest BCUT2D eigenvalue weighted by atomic mass is 9.68. The molecule has 0 aromatic heterocycles. The van der Waals surface area contributed by atoms with Crippen LogP contribution in [0.4, 0.5) is 0 Å². The fraction of sp³-hybridized carbons (Fsp3) is 0.867. The molecule has 1 saturated heterocycles. The maximum atomic E-state index is 12.6. The van der Waals surface area contributed by atoms with Gasteiger partial charge in [-0.05, 0) is 37.5 Å². The first kappa shape index (κ1) is 12.2. The van der Waals surface area contributed by atoms with Gasteiger partial charge in [-0.3, -0.25) is 14.5 Å². The number of amides is 2. The summed E-state index contributed by atoms with van der Waals surface area (Å²) >= 11 is 0. The van der Waals surface area contributed by atoms with E-state index in [-0.39, 0.29) is 17.2 Å². The summed E-state index contributed by atoms with van der Waals surface area (Å²) in [5.41, 5.74) is -0.283. The Hall–Kier alpha value is -0.860. The number of hydrogen-bond donors (Lipinski definition) is 0. The van der Waals surface area contributed by atoms with Crippen molar-refractivity contribution < 1.29 is 9.59 Å². The smallest absolute Gasteiger partial charge is 0.235 e. The zero-order chi connectivity index (χ0) is 12.8. The first-order valence-corrected chi connectivity index (χ1v) is 7.49. The van der Waals surface area contributed by atoms with E-state index in [0.717, 1.165) is 25.7 Å². The van der Waals surface area contributed by atoms with Crippen LogP contribution in [0.25, 0.3) is 0 Å². The lowest BCUT2D eigenvalue weighted by molar-refractivity contribution is -0.142. The Morgan fingerprint density at radius 2 is 1.89 bits per heavy atom. The van der Waals surface area contributed by atoms with E-state index in [0.29, 0.717) is 24.8 Å². The number of rotatable bonds is 3. The standard InChI is InChI=1S/C15H23NO2/c1-2-3-6-16-13(17)10-15(14(16)18)8-11-4-5-12(7-11)9-15/h11-12H,2-10H2,1H3. The van der Waals surface area contributed by atoms with Crippen LogP contribution >= 0.6 is 0 Å². The summed E-state index contributed by atoms with van der Waals surface area (Å²) in [5, 5.41) is 0. The van der Waals surface area contributed by atoms with E-state index >= 15 is 0 Å². The second-order valence-corrected chi connectivity index (χ2v) is 6.61. The highest BCUT2D eigenvalue weighted by molar-refractivity contribution is 6.06. The minimum atomic E-state index is -0.283. The van der Waals surface area contributed by atoms with Gasteiger partial charge in [-0.2, -0.15) is 0 Å². The molecular formula is C15H23NO2. The van der Waals surface area contributed by atoms with Crippen molar-refractivity contribution in [3.63, 3.8) is 0 Å². The third-order valence-electron chi connectivity index (χ3n) is 5.23. The monoisotopic (exact) mass is 249 g/mol. The maximum Gasteiger partial charge on any atom is 0.235 e. The van der Waals surface area contributed by atoms with Gasteiger partial charge in [0.2, 0.25) is 11.8 Å². The Morgan fingerprint density at radius 3 is 2.50 bits per heavy atom. The molecule has 0 aromatic carbocycles. The molecule has 0 N–H and O–H groups in total. The highest BCUT2D eigenvalue weighted by Gasteiger charge is 2.56. The molecule has 2 atom stereocenters. The number of imide groups is 1. The lowest BCUT2D eigenvalue weighted by Crippen LogP contribution is -2.39. The molecule has 3 fully saturated rings. The number of hydrogen-bond acceptors (Lipinski definition) is 2. The normalized spacial score (nSPS) is 39.1. The average molecular weight is 249 g/mol. The van der Waals surface area contributed by atoms with Gasteiger partial charge in [-0.15, -0.1) is 0 Å². The summed E-state index contributed by atoms with van der Waals surface area (Å²) in [7, 11) is 0. The molecule has 2 saturated carbocycles. The van der Waals surface area contributed by atoms with E-state index in [1.54, 1.807) is 4.90 Å². The third kappa shape index (κ3) is 1.79. The number of unbranched alkanes of at least 4 members (excludes halogenated alkanes) is 1. The fourth-order valence-corrected chi connectivity index (χ4v) is 4.46. The minimum absolute atomic E-state index is 0.0924. The minimum Gasteiger partial charge on any atom is -0.282 e. The average Bonchev–Trinajstić information content (AvgIpc) is 2.78. The first-order valence-electron chi connectivity index (χ1n) is 7.49. The molecule has 3 heteroatoms. The molecule has 1 aliphatic heterocycles. The second kappa shape index (κ2) is 4.36. The van der Waals surface area contributed by atoms with E-state index in [2.05, 4.69) is 6.92 Å². The van der Waals surface area contributed by atoms with Crippen molar-refractivity contribution >= 4 is 11.8 Å². The van der Waals surface area contributed by atoms with Crippen molar-refractivity contribution in [1.82, 2.24) is 4.90 Å².